The number of unbranched alkanes of at least 4 members (excludes halogenated alkanes) is 5. The van der Waals surface area contributed by atoms with Crippen molar-refractivity contribution in [3.8, 4) is 11.5 Å². The fourth-order valence-electron chi connectivity index (χ4n) is 5.97. The van der Waals surface area contributed by atoms with Gasteiger partial charge in [-0.15, -0.1) is 0 Å². The van der Waals surface area contributed by atoms with E-state index >= 15 is 0 Å². The van der Waals surface area contributed by atoms with Crippen molar-refractivity contribution in [3.63, 3.8) is 0 Å². The highest BCUT2D eigenvalue weighted by Gasteiger charge is 2.33. The Balaban J connectivity index is 1.31. The van der Waals surface area contributed by atoms with Crippen molar-refractivity contribution in [2.24, 2.45) is 23.7 Å². The number of hydrogen-bond donors (Lipinski definition) is 0. The Morgan fingerprint density at radius 3 is 1.82 bits per heavy atom. The van der Waals surface area contributed by atoms with Crippen LogP contribution in [-0.2, 0) is 9.59 Å². The van der Waals surface area contributed by atoms with Crippen LogP contribution in [-0.4, -0.2) is 11.9 Å². The number of benzene rings is 1. The number of ether oxygens (including phenoxy) is 2. The summed E-state index contributed by atoms with van der Waals surface area (Å²) in [6.45, 7) is 4.04. The molecule has 0 N–H and O–H groups in total. The molecule has 1 aromatic rings. The topological polar surface area (TPSA) is 52.6 Å². The lowest BCUT2D eigenvalue weighted by Crippen LogP contribution is -2.30. The van der Waals surface area contributed by atoms with Crippen molar-refractivity contribution in [2.75, 3.05) is 0 Å². The van der Waals surface area contributed by atoms with Gasteiger partial charge in [-0.1, -0.05) is 71.6 Å². The quantitative estimate of drug-likeness (QED) is 0.175. The zero-order valence-corrected chi connectivity index (χ0v) is 21.6. The maximum absolute atomic E-state index is 12.7. The summed E-state index contributed by atoms with van der Waals surface area (Å²) in [4.78, 5) is 24.1. The fourth-order valence-corrected chi connectivity index (χ4v) is 5.97. The van der Waals surface area contributed by atoms with E-state index in [-0.39, 0.29) is 17.9 Å². The van der Waals surface area contributed by atoms with Crippen molar-refractivity contribution in [1.82, 2.24) is 0 Å². The van der Waals surface area contributed by atoms with E-state index in [9.17, 15) is 9.59 Å². The number of hydrogen-bond acceptors (Lipinski definition) is 4. The molecule has 0 aliphatic heterocycles. The Labute approximate surface area is 207 Å². The molecule has 0 bridgehead atoms. The monoisotopic (exact) mass is 470 g/mol. The van der Waals surface area contributed by atoms with E-state index in [2.05, 4.69) is 6.92 Å². The number of rotatable bonds is 12. The van der Waals surface area contributed by atoms with E-state index in [0.717, 1.165) is 30.6 Å². The van der Waals surface area contributed by atoms with Crippen LogP contribution in [0.1, 0.15) is 117 Å². The highest BCUT2D eigenvalue weighted by molar-refractivity contribution is 5.75. The SMILES string of the molecule is CCCCCCCCC1CCC(C2CCC(C(=O)Oc3ccc(OC(=O)CC)cc3)CC2)CC1. The normalized spacial score (nSPS) is 25.0. The molecular formula is C30H46O4. The molecular weight excluding hydrogens is 424 g/mol. The molecule has 4 nitrogen and oxygen atoms in total. The second kappa shape index (κ2) is 14.5. The van der Waals surface area contributed by atoms with Crippen molar-refractivity contribution >= 4 is 11.9 Å². The molecule has 3 rings (SSSR count). The van der Waals surface area contributed by atoms with Gasteiger partial charge in [-0.2, -0.15) is 0 Å². The molecule has 0 spiro atoms. The number of carbonyl (C=O) groups excluding carboxylic acids is 2. The van der Waals surface area contributed by atoms with Gasteiger partial charge in [-0.25, -0.2) is 0 Å². The van der Waals surface area contributed by atoms with Crippen LogP contribution in [0, 0.1) is 23.7 Å². The van der Waals surface area contributed by atoms with E-state index in [1.165, 1.54) is 83.5 Å². The molecule has 1 aromatic carbocycles. The Bertz CT molecular complexity index is 725. The van der Waals surface area contributed by atoms with E-state index in [1.807, 2.05) is 0 Å². The van der Waals surface area contributed by atoms with Gasteiger partial charge in [0.2, 0.25) is 0 Å². The number of carbonyl (C=O) groups is 2. The predicted molar refractivity (Wildman–Crippen MR) is 137 cm³/mol. The standard InChI is InChI=1S/C30H46O4/c1-3-5-6-7-8-9-10-23-11-13-24(14-12-23)25-15-17-26(18-16-25)30(32)34-28-21-19-27(20-22-28)33-29(31)4-2/h19-26H,3-18H2,1-2H3. The van der Waals surface area contributed by atoms with Crippen LogP contribution in [0.3, 0.4) is 0 Å². The molecule has 0 heterocycles. The first kappa shape index (κ1) is 26.8. The van der Waals surface area contributed by atoms with Gasteiger partial charge in [0.25, 0.3) is 0 Å². The average Bonchev–Trinajstić information content (AvgIpc) is 2.87. The van der Waals surface area contributed by atoms with Gasteiger partial charge in [0.15, 0.2) is 0 Å². The van der Waals surface area contributed by atoms with Crippen molar-refractivity contribution < 1.29 is 19.1 Å². The van der Waals surface area contributed by atoms with Gasteiger partial charge < -0.3 is 9.47 Å². The van der Waals surface area contributed by atoms with Crippen molar-refractivity contribution in [2.45, 2.75) is 117 Å². The average molecular weight is 471 g/mol. The molecule has 2 fully saturated rings. The van der Waals surface area contributed by atoms with Gasteiger partial charge in [0.05, 0.1) is 5.92 Å². The zero-order valence-electron chi connectivity index (χ0n) is 21.6. The lowest BCUT2D eigenvalue weighted by atomic mass is 9.68. The lowest BCUT2D eigenvalue weighted by Gasteiger charge is -2.37. The van der Waals surface area contributed by atoms with E-state index in [0.29, 0.717) is 17.9 Å². The second-order valence-corrected chi connectivity index (χ2v) is 10.7. The maximum atomic E-state index is 12.7. The Morgan fingerprint density at radius 1 is 0.706 bits per heavy atom. The molecule has 2 saturated carbocycles. The van der Waals surface area contributed by atoms with Crippen LogP contribution in [0.15, 0.2) is 24.3 Å². The third kappa shape index (κ3) is 8.74. The first-order valence-electron chi connectivity index (χ1n) is 14.1. The van der Waals surface area contributed by atoms with E-state index < -0.39 is 0 Å². The molecule has 2 aliphatic rings. The maximum Gasteiger partial charge on any atom is 0.314 e. The van der Waals surface area contributed by atoms with Crippen LogP contribution < -0.4 is 9.47 Å². The van der Waals surface area contributed by atoms with Crippen LogP contribution in [0.4, 0.5) is 0 Å². The minimum absolute atomic E-state index is 0.0119. The lowest BCUT2D eigenvalue weighted by molar-refractivity contribution is -0.140. The Hall–Kier alpha value is -1.84. The minimum Gasteiger partial charge on any atom is -0.427 e. The molecule has 0 saturated heterocycles. The predicted octanol–water partition coefficient (Wildman–Crippen LogP) is 8.27. The molecule has 0 radical (unpaired) electrons. The molecule has 190 valence electrons. The van der Waals surface area contributed by atoms with Gasteiger partial charge in [-0.3, -0.25) is 9.59 Å². The van der Waals surface area contributed by atoms with Gasteiger partial charge in [0.1, 0.15) is 11.5 Å². The van der Waals surface area contributed by atoms with E-state index in [4.69, 9.17) is 9.47 Å². The summed E-state index contributed by atoms with van der Waals surface area (Å²) in [6.07, 6.45) is 20.1. The molecule has 0 aromatic heterocycles. The summed E-state index contributed by atoms with van der Waals surface area (Å²) in [5.41, 5.74) is 0. The van der Waals surface area contributed by atoms with Crippen molar-refractivity contribution in [3.05, 3.63) is 24.3 Å². The third-order valence-electron chi connectivity index (χ3n) is 8.19. The van der Waals surface area contributed by atoms with Crippen molar-refractivity contribution in [1.29, 1.82) is 0 Å². The third-order valence-corrected chi connectivity index (χ3v) is 8.19. The molecule has 34 heavy (non-hydrogen) atoms. The van der Waals surface area contributed by atoms with Gasteiger partial charge >= 0.3 is 11.9 Å². The van der Waals surface area contributed by atoms with Crippen LogP contribution in [0.25, 0.3) is 0 Å². The molecule has 4 heteroatoms. The summed E-state index contributed by atoms with van der Waals surface area (Å²) in [6, 6.07) is 6.75. The van der Waals surface area contributed by atoms with Crippen LogP contribution in [0.2, 0.25) is 0 Å². The Morgan fingerprint density at radius 2 is 1.24 bits per heavy atom. The summed E-state index contributed by atoms with van der Waals surface area (Å²) in [5.74, 6) is 3.26. The fraction of sp³-hybridized carbons (Fsp3) is 0.733. The first-order chi connectivity index (χ1) is 16.6. The smallest absolute Gasteiger partial charge is 0.314 e. The highest BCUT2D eigenvalue weighted by Crippen LogP contribution is 2.42. The van der Waals surface area contributed by atoms with E-state index in [1.54, 1.807) is 31.2 Å². The molecule has 0 amide bonds. The van der Waals surface area contributed by atoms with Gasteiger partial charge in [-0.05, 0) is 80.5 Å². The zero-order chi connectivity index (χ0) is 24.2. The second-order valence-electron chi connectivity index (χ2n) is 10.7. The highest BCUT2D eigenvalue weighted by atomic mass is 16.5. The molecule has 0 unspecified atom stereocenters. The van der Waals surface area contributed by atoms with Crippen LogP contribution in [0.5, 0.6) is 11.5 Å². The minimum atomic E-state index is -0.271. The molecule has 0 atom stereocenters. The Kier molecular flexibility index (Phi) is 11.4. The summed E-state index contributed by atoms with van der Waals surface area (Å²) in [7, 11) is 0. The first-order valence-corrected chi connectivity index (χ1v) is 14.1. The van der Waals surface area contributed by atoms with Gasteiger partial charge in [0, 0.05) is 6.42 Å². The molecule has 2 aliphatic carbocycles. The summed E-state index contributed by atoms with van der Waals surface area (Å²) >= 11 is 0. The van der Waals surface area contributed by atoms with Crippen LogP contribution >= 0.6 is 0 Å². The number of esters is 2. The summed E-state index contributed by atoms with van der Waals surface area (Å²) < 4.78 is 10.8. The summed E-state index contributed by atoms with van der Waals surface area (Å²) in [5, 5.41) is 0. The largest absolute Gasteiger partial charge is 0.427 e.